The quantitative estimate of drug-likeness (QED) is 0.823. The summed E-state index contributed by atoms with van der Waals surface area (Å²) in [6.07, 6.45) is 0. The molecular formula is C18H18FNO4S. The maximum Gasteiger partial charge on any atom is 0.161 e. The molecule has 1 saturated heterocycles. The highest BCUT2D eigenvalue weighted by Gasteiger charge is 2.31. The van der Waals surface area contributed by atoms with E-state index in [1.807, 2.05) is 12.1 Å². The molecule has 0 amide bonds. The van der Waals surface area contributed by atoms with Crippen molar-refractivity contribution in [3.05, 3.63) is 59.4 Å². The van der Waals surface area contributed by atoms with Crippen molar-refractivity contribution in [2.75, 3.05) is 12.9 Å². The van der Waals surface area contributed by atoms with Crippen molar-refractivity contribution in [2.24, 2.45) is 0 Å². The molecule has 1 fully saturated rings. The lowest BCUT2D eigenvalue weighted by atomic mass is 10.2. The molecule has 2 aromatic carbocycles. The molecule has 2 atom stereocenters. The number of aliphatic carboxylic acids is 1. The second kappa shape index (κ2) is 7.76. The molecular weight excluding hydrogens is 345 g/mol. The Balaban J connectivity index is 1.69. The van der Waals surface area contributed by atoms with Gasteiger partial charge in [-0.15, -0.1) is 0 Å². The zero-order chi connectivity index (χ0) is 17.8. The maximum absolute atomic E-state index is 12.9. The van der Waals surface area contributed by atoms with Gasteiger partial charge in [0.05, 0.1) is 12.9 Å². The van der Waals surface area contributed by atoms with Gasteiger partial charge in [-0.3, -0.25) is 0 Å². The van der Waals surface area contributed by atoms with Gasteiger partial charge in [0, 0.05) is 5.56 Å². The first-order valence-electron chi connectivity index (χ1n) is 7.79. The summed E-state index contributed by atoms with van der Waals surface area (Å²) < 4.78 is 24.1. The second-order valence-electron chi connectivity index (χ2n) is 5.70. The van der Waals surface area contributed by atoms with Crippen LogP contribution < -0.4 is 19.9 Å². The third-order valence-electron chi connectivity index (χ3n) is 3.99. The Morgan fingerprint density at radius 2 is 2.04 bits per heavy atom. The van der Waals surface area contributed by atoms with Crippen LogP contribution >= 0.6 is 11.8 Å². The summed E-state index contributed by atoms with van der Waals surface area (Å²) in [4.78, 5) is 11.0. The van der Waals surface area contributed by atoms with Crippen molar-refractivity contribution >= 4 is 17.7 Å². The van der Waals surface area contributed by atoms with E-state index in [1.54, 1.807) is 42.4 Å². The molecule has 1 aliphatic heterocycles. The Hall–Kier alpha value is -2.25. The molecule has 0 radical (unpaired) electrons. The van der Waals surface area contributed by atoms with E-state index in [1.165, 1.54) is 12.1 Å². The summed E-state index contributed by atoms with van der Waals surface area (Å²) in [7, 11) is 1.55. The van der Waals surface area contributed by atoms with Crippen molar-refractivity contribution in [3.63, 3.8) is 0 Å². The van der Waals surface area contributed by atoms with Crippen LogP contribution in [-0.4, -0.2) is 24.9 Å². The zero-order valence-corrected chi connectivity index (χ0v) is 14.4. The molecule has 0 unspecified atom stereocenters. The standard InChI is InChI=1S/C18H18FNO4S/c1-23-16-8-12(17-20-14(10-25-17)18(21)22)4-7-15(16)24-9-11-2-5-13(19)6-3-11/h2-8,14,17,20H,9-10H2,1H3,(H,21,22)/t14-,17-/m0/s1. The highest BCUT2D eigenvalue weighted by molar-refractivity contribution is 7.99. The van der Waals surface area contributed by atoms with Gasteiger partial charge >= 0.3 is 0 Å². The smallest absolute Gasteiger partial charge is 0.161 e. The number of hydrogen-bond donors (Lipinski definition) is 1. The number of carbonyl (C=O) groups is 1. The molecule has 7 heteroatoms. The summed E-state index contributed by atoms with van der Waals surface area (Å²) in [6.45, 7) is 0.299. The number of carboxylic acid groups (broad SMARTS) is 1. The highest BCUT2D eigenvalue weighted by atomic mass is 32.2. The minimum Gasteiger partial charge on any atom is -0.544 e. The lowest BCUT2D eigenvalue weighted by molar-refractivity contribution is -0.690. The first-order chi connectivity index (χ1) is 12.1. The normalized spacial score (nSPS) is 19.6. The van der Waals surface area contributed by atoms with Gasteiger partial charge in [0.25, 0.3) is 0 Å². The Bertz CT molecular complexity index is 753. The molecule has 2 N–H and O–H groups in total. The van der Waals surface area contributed by atoms with Crippen molar-refractivity contribution in [2.45, 2.75) is 18.0 Å². The number of carbonyl (C=O) groups excluding carboxylic acids is 1. The molecule has 25 heavy (non-hydrogen) atoms. The molecule has 1 heterocycles. The predicted octanol–water partition coefficient (Wildman–Crippen LogP) is 0.841. The molecule has 0 aliphatic carbocycles. The molecule has 0 bridgehead atoms. The Morgan fingerprint density at radius 1 is 1.28 bits per heavy atom. The molecule has 0 spiro atoms. The average Bonchev–Trinajstić information content (AvgIpc) is 3.11. The van der Waals surface area contributed by atoms with Crippen LogP contribution in [0.1, 0.15) is 16.5 Å². The fourth-order valence-electron chi connectivity index (χ4n) is 2.61. The van der Waals surface area contributed by atoms with Crippen LogP contribution in [0.15, 0.2) is 42.5 Å². The first-order valence-corrected chi connectivity index (χ1v) is 8.84. The van der Waals surface area contributed by atoms with E-state index in [-0.39, 0.29) is 11.2 Å². The predicted molar refractivity (Wildman–Crippen MR) is 89.6 cm³/mol. The van der Waals surface area contributed by atoms with Gasteiger partial charge < -0.3 is 24.7 Å². The number of halogens is 1. The van der Waals surface area contributed by atoms with E-state index in [0.717, 1.165) is 11.1 Å². The lowest BCUT2D eigenvalue weighted by Crippen LogP contribution is -2.90. The number of hydrogen-bond acceptors (Lipinski definition) is 5. The number of benzene rings is 2. The minimum absolute atomic E-state index is 0.0112. The van der Waals surface area contributed by atoms with E-state index >= 15 is 0 Å². The monoisotopic (exact) mass is 363 g/mol. The number of quaternary nitrogens is 1. The molecule has 5 nitrogen and oxygen atoms in total. The van der Waals surface area contributed by atoms with Gasteiger partial charge in [0.1, 0.15) is 24.4 Å². The largest absolute Gasteiger partial charge is 0.544 e. The summed E-state index contributed by atoms with van der Waals surface area (Å²) in [5.41, 5.74) is 1.81. The summed E-state index contributed by atoms with van der Waals surface area (Å²) in [5, 5.41) is 12.7. The van der Waals surface area contributed by atoms with E-state index < -0.39 is 12.0 Å². The summed E-state index contributed by atoms with van der Waals surface area (Å²) in [5.74, 6) is 0.339. The maximum atomic E-state index is 12.9. The van der Waals surface area contributed by atoms with Crippen LogP contribution in [-0.2, 0) is 11.4 Å². The van der Waals surface area contributed by atoms with Gasteiger partial charge in [-0.1, -0.05) is 23.9 Å². The van der Waals surface area contributed by atoms with Crippen LogP contribution in [0.25, 0.3) is 0 Å². The Labute approximate surface area is 149 Å². The first kappa shape index (κ1) is 17.6. The SMILES string of the molecule is COc1cc([C@H]2[NH2+][C@H](C(=O)[O-])CS2)ccc1OCc1ccc(F)cc1. The summed E-state index contributed by atoms with van der Waals surface area (Å²) in [6, 6.07) is 11.1. The highest BCUT2D eigenvalue weighted by Crippen LogP contribution is 2.34. The van der Waals surface area contributed by atoms with Gasteiger partial charge in [-0.05, 0) is 35.9 Å². The fourth-order valence-corrected chi connectivity index (χ4v) is 3.91. The molecule has 0 aromatic heterocycles. The number of carboxylic acids is 1. The molecule has 3 rings (SSSR count). The second-order valence-corrected chi connectivity index (χ2v) is 6.87. The number of ether oxygens (including phenoxy) is 2. The van der Waals surface area contributed by atoms with Crippen molar-refractivity contribution in [3.8, 4) is 11.5 Å². The van der Waals surface area contributed by atoms with Gasteiger partial charge in [0.15, 0.2) is 16.9 Å². The van der Waals surface area contributed by atoms with E-state index in [9.17, 15) is 14.3 Å². The van der Waals surface area contributed by atoms with Gasteiger partial charge in [-0.2, -0.15) is 0 Å². The molecule has 0 saturated carbocycles. The van der Waals surface area contributed by atoms with Gasteiger partial charge in [0.2, 0.25) is 0 Å². The Kier molecular flexibility index (Phi) is 5.45. The number of methoxy groups -OCH3 is 1. The van der Waals surface area contributed by atoms with Crippen LogP contribution in [0, 0.1) is 5.82 Å². The molecule has 1 aliphatic rings. The van der Waals surface area contributed by atoms with Crippen LogP contribution in [0.3, 0.4) is 0 Å². The van der Waals surface area contributed by atoms with Crippen molar-refractivity contribution < 1.29 is 29.1 Å². The van der Waals surface area contributed by atoms with E-state index in [2.05, 4.69) is 0 Å². The summed E-state index contributed by atoms with van der Waals surface area (Å²) >= 11 is 1.56. The fraction of sp³-hybridized carbons (Fsp3) is 0.278. The third kappa shape index (κ3) is 4.24. The third-order valence-corrected chi connectivity index (χ3v) is 5.33. The van der Waals surface area contributed by atoms with E-state index in [0.29, 0.717) is 23.9 Å². The van der Waals surface area contributed by atoms with Crippen molar-refractivity contribution in [1.29, 1.82) is 0 Å². The zero-order valence-electron chi connectivity index (χ0n) is 13.6. The molecule has 2 aromatic rings. The topological polar surface area (TPSA) is 75.2 Å². The lowest BCUT2D eigenvalue weighted by Gasteiger charge is -2.15. The molecule has 132 valence electrons. The van der Waals surface area contributed by atoms with Gasteiger partial charge in [-0.25, -0.2) is 4.39 Å². The Morgan fingerprint density at radius 3 is 2.68 bits per heavy atom. The number of nitrogens with two attached hydrogens (primary N) is 1. The number of thioether (sulfide) groups is 1. The van der Waals surface area contributed by atoms with Crippen LogP contribution in [0.5, 0.6) is 11.5 Å². The minimum atomic E-state index is -1.04. The average molecular weight is 363 g/mol. The van der Waals surface area contributed by atoms with Crippen LogP contribution in [0.2, 0.25) is 0 Å². The van der Waals surface area contributed by atoms with Crippen molar-refractivity contribution in [1.82, 2.24) is 0 Å². The van der Waals surface area contributed by atoms with Crippen LogP contribution in [0.4, 0.5) is 4.39 Å². The number of rotatable bonds is 6. The van der Waals surface area contributed by atoms with E-state index in [4.69, 9.17) is 9.47 Å².